The molecule has 85 heavy (non-hydrogen) atoms. The summed E-state index contributed by atoms with van der Waals surface area (Å²) in [5.74, 6) is 2.38. The van der Waals surface area contributed by atoms with Crippen LogP contribution in [0.25, 0.3) is 11.2 Å². The molecule has 2 unspecified atom stereocenters. The van der Waals surface area contributed by atoms with E-state index in [1.165, 1.54) is 6.42 Å². The van der Waals surface area contributed by atoms with E-state index in [1.54, 1.807) is 36.1 Å². The number of aliphatic imine (C=N–C) groups is 2. The molecule has 13 rings (SSSR count). The first kappa shape index (κ1) is 59.0. The molecule has 0 amide bonds. The van der Waals surface area contributed by atoms with Crippen molar-refractivity contribution in [1.82, 2.24) is 39.7 Å². The number of anilines is 3. The zero-order chi connectivity index (χ0) is 59.3. The number of fused-ring (bicyclic) bond motifs is 3. The Bertz CT molecular complexity index is 3540. The fraction of sp³-hybridized carbons (Fsp3) is 0.470. The van der Waals surface area contributed by atoms with E-state index in [0.717, 1.165) is 145 Å². The summed E-state index contributed by atoms with van der Waals surface area (Å²) in [5, 5.41) is 15.8. The molecule has 10 heterocycles. The Kier molecular flexibility index (Phi) is 17.4. The highest BCUT2D eigenvalue weighted by atomic mass is 16.5. The molecule has 0 aliphatic carbocycles. The summed E-state index contributed by atoms with van der Waals surface area (Å²) in [6.07, 6.45) is 15.9. The van der Waals surface area contributed by atoms with Crippen molar-refractivity contribution in [1.29, 1.82) is 0 Å². The van der Waals surface area contributed by atoms with E-state index < -0.39 is 5.60 Å². The van der Waals surface area contributed by atoms with Gasteiger partial charge in [0.2, 0.25) is 11.6 Å². The average Bonchev–Trinajstić information content (AvgIpc) is 3.07. The molecule has 3 aromatic carbocycles. The summed E-state index contributed by atoms with van der Waals surface area (Å²) in [7, 11) is 0. The molecule has 0 radical (unpaired) electrons. The zero-order valence-corrected chi connectivity index (χ0v) is 50.0. The maximum Gasteiger partial charge on any atom is 0.215 e. The molecule has 19 nitrogen and oxygen atoms in total. The Morgan fingerprint density at radius 2 is 1.11 bits per heavy atom. The summed E-state index contributed by atoms with van der Waals surface area (Å²) in [5.41, 5.74) is 19.0. The van der Waals surface area contributed by atoms with Gasteiger partial charge in [0.1, 0.15) is 45.7 Å². The number of aromatic nitrogens is 8. The molecule has 6 aliphatic rings. The second-order valence-corrected chi connectivity index (χ2v) is 24.9. The smallest absolute Gasteiger partial charge is 0.215 e. The molecular weight excluding hydrogens is 1070 g/mol. The van der Waals surface area contributed by atoms with Crippen LogP contribution in [0.3, 0.4) is 0 Å². The van der Waals surface area contributed by atoms with Crippen LogP contribution >= 0.6 is 0 Å². The van der Waals surface area contributed by atoms with E-state index in [9.17, 15) is 14.7 Å². The summed E-state index contributed by atoms with van der Waals surface area (Å²) >= 11 is 0. The van der Waals surface area contributed by atoms with Crippen molar-refractivity contribution < 1.29 is 19.4 Å². The van der Waals surface area contributed by atoms with E-state index in [2.05, 4.69) is 62.3 Å². The van der Waals surface area contributed by atoms with Crippen LogP contribution < -0.4 is 26.2 Å². The first-order valence-corrected chi connectivity index (χ1v) is 30.4. The Hall–Kier alpha value is -7.71. The van der Waals surface area contributed by atoms with E-state index in [1.807, 2.05) is 85.1 Å². The molecule has 4 fully saturated rings. The molecule has 0 bridgehead atoms. The maximum absolute atomic E-state index is 13.3. The molecule has 6 aliphatic heterocycles. The number of hydrogen-bond acceptors (Lipinski definition) is 18. The van der Waals surface area contributed by atoms with Crippen LogP contribution in [-0.4, -0.2) is 127 Å². The summed E-state index contributed by atoms with van der Waals surface area (Å²) < 4.78 is 7.80. The number of nitrogens with two attached hydrogens (primary N) is 2. The lowest BCUT2D eigenvalue weighted by molar-refractivity contribution is -0.0371. The van der Waals surface area contributed by atoms with Gasteiger partial charge in [0.05, 0.1) is 48.8 Å². The number of carbonyl (C=O) groups is 2. The van der Waals surface area contributed by atoms with Gasteiger partial charge in [-0.05, 0) is 99.6 Å². The topological polar surface area (TPSA) is 245 Å². The molecule has 19 heteroatoms. The maximum atomic E-state index is 13.3. The number of hydrogen-bond donors (Lipinski definition) is 3. The van der Waals surface area contributed by atoms with E-state index >= 15 is 0 Å². The minimum Gasteiger partial charge on any atom is -0.379 e. The van der Waals surface area contributed by atoms with Gasteiger partial charge < -0.3 is 36.0 Å². The van der Waals surface area contributed by atoms with Gasteiger partial charge >= 0.3 is 0 Å². The van der Waals surface area contributed by atoms with Gasteiger partial charge in [-0.15, -0.1) is 0 Å². The Morgan fingerprint density at radius 3 is 1.64 bits per heavy atom. The third-order valence-corrected chi connectivity index (χ3v) is 18.7. The van der Waals surface area contributed by atoms with Gasteiger partial charge in [-0.3, -0.25) is 19.6 Å². The number of carbonyl (C=O) groups excluding carboxylic acids is 2. The number of benzene rings is 3. The molecule has 4 aromatic heterocycles. The van der Waals surface area contributed by atoms with Gasteiger partial charge in [-0.25, -0.2) is 34.6 Å². The largest absolute Gasteiger partial charge is 0.379 e. The van der Waals surface area contributed by atoms with E-state index in [-0.39, 0.29) is 28.6 Å². The lowest BCUT2D eigenvalue weighted by Gasteiger charge is -2.39. The molecule has 2 atom stereocenters. The monoisotopic (exact) mass is 1150 g/mol. The third kappa shape index (κ3) is 12.7. The summed E-state index contributed by atoms with van der Waals surface area (Å²) in [6, 6.07) is 28.0. The second-order valence-electron chi connectivity index (χ2n) is 24.9. The number of Topliss-reactive ketones (excluding diaryl/α,β-unsaturated/α-hetero) is 1. The summed E-state index contributed by atoms with van der Waals surface area (Å²) in [6.45, 7) is 19.6. The Labute approximate surface area is 498 Å². The van der Waals surface area contributed by atoms with Crippen LogP contribution in [0.2, 0.25) is 0 Å². The minimum absolute atomic E-state index is 0.0944. The van der Waals surface area contributed by atoms with Crippen LogP contribution in [0.4, 0.5) is 17.5 Å². The van der Waals surface area contributed by atoms with Gasteiger partial charge in [-0.1, -0.05) is 125 Å². The van der Waals surface area contributed by atoms with E-state index in [4.69, 9.17) is 41.2 Å². The molecule has 4 saturated heterocycles. The first-order valence-electron chi connectivity index (χ1n) is 30.4. The third-order valence-electron chi connectivity index (χ3n) is 18.7. The predicted octanol–water partition coefficient (Wildman–Crippen LogP) is 9.25. The molecule has 5 N–H and O–H groups in total. The average molecular weight is 1150 g/mol. The van der Waals surface area contributed by atoms with Gasteiger partial charge in [0.15, 0.2) is 17.6 Å². The highest BCUT2D eigenvalue weighted by Gasteiger charge is 2.38. The number of aliphatic hydroxyl groups is 1. The minimum atomic E-state index is -1.18. The van der Waals surface area contributed by atoms with Gasteiger partial charge in [0.25, 0.3) is 0 Å². The number of piperidine rings is 3. The fourth-order valence-electron chi connectivity index (χ4n) is 12.0. The normalized spacial score (nSPS) is 20.1. The highest BCUT2D eigenvalue weighted by molar-refractivity contribution is 6.51. The quantitative estimate of drug-likeness (QED) is 0.0911. The molecule has 444 valence electrons. The van der Waals surface area contributed by atoms with Crippen molar-refractivity contribution in [2.24, 2.45) is 37.7 Å². The van der Waals surface area contributed by atoms with Crippen LogP contribution in [0.15, 0.2) is 120 Å². The van der Waals surface area contributed by atoms with Crippen molar-refractivity contribution in [3.63, 3.8) is 0 Å². The lowest BCUT2D eigenvalue weighted by Crippen LogP contribution is -2.42. The van der Waals surface area contributed by atoms with Crippen LogP contribution in [-0.2, 0) is 23.4 Å². The van der Waals surface area contributed by atoms with Crippen molar-refractivity contribution in [2.75, 3.05) is 73.7 Å². The zero-order valence-electron chi connectivity index (χ0n) is 50.0. The molecular formula is C66H81N15O4. The first-order chi connectivity index (χ1) is 41.1. The van der Waals surface area contributed by atoms with Gasteiger partial charge in [-0.2, -0.15) is 5.10 Å². The van der Waals surface area contributed by atoms with E-state index in [0.29, 0.717) is 75.9 Å². The van der Waals surface area contributed by atoms with Gasteiger partial charge in [0, 0.05) is 57.0 Å². The van der Waals surface area contributed by atoms with Crippen LogP contribution in [0, 0.1) is 16.2 Å². The van der Waals surface area contributed by atoms with Crippen molar-refractivity contribution in [3.8, 4) is 0 Å². The predicted molar refractivity (Wildman–Crippen MR) is 332 cm³/mol. The Morgan fingerprint density at radius 1 is 0.624 bits per heavy atom. The standard InChI is InChI=1S/C25H31N5O2.C21H27N5O.C20H23N5O/c1-3-25(2)12-14-29(15-13-25)19-17-26-22-21(23(31)18-9-5-4-6-10-18)28-30(24(22)27-19)20-11-7-8-16-32-20;1-20(14-22)8-10-26(11-9-20)17-13-23-18-16(25-17)12-24-19(18)21(2,27)15-6-4-3-5-7-15;1-20(13-21)7-9-25(10-8-20)16-12-23-17-15(24-16)11-22-18(17)19(26)14-5-3-2-4-6-14/h4-6,9-10,17,20H,3,7-8,11-16H2,1-2H3;3-7,13,27H,8-12,14,22H2,1-2H3;2-6,12H,7-11,13,21H2,1H3. The van der Waals surface area contributed by atoms with Crippen molar-refractivity contribution in [3.05, 3.63) is 155 Å². The highest BCUT2D eigenvalue weighted by Crippen LogP contribution is 2.38. The fourth-order valence-corrected chi connectivity index (χ4v) is 12.0. The number of ketones is 2. The van der Waals surface area contributed by atoms with Crippen molar-refractivity contribution in [2.45, 2.75) is 124 Å². The second kappa shape index (κ2) is 25.1. The molecule has 0 saturated carbocycles. The lowest BCUT2D eigenvalue weighted by atomic mass is 9.78. The number of nitrogens with zero attached hydrogens (tertiary/aromatic N) is 13. The van der Waals surface area contributed by atoms with Crippen LogP contribution in [0.5, 0.6) is 0 Å². The number of ether oxygens (including phenoxy) is 1. The molecule has 0 spiro atoms. The molecule has 7 aromatic rings. The Balaban J connectivity index is 0.000000134. The number of rotatable bonds is 13. The SMILES string of the molecule is CC1(CN)CCN(c2cnc3c(n2)CN=C3C(=O)c2ccccc2)CC1.CC1(CN)CCN(c2cnc3c(n2)CN=C3C(C)(O)c2ccccc2)CC1.CCC1(C)CCN(c2cnc3c(C(=O)c4ccccc4)nn(C4CCCCO4)c3n2)CC1. The van der Waals surface area contributed by atoms with Crippen LogP contribution in [0.1, 0.15) is 160 Å². The van der Waals surface area contributed by atoms with Crippen molar-refractivity contribution >= 4 is 51.6 Å². The summed E-state index contributed by atoms with van der Waals surface area (Å²) in [4.78, 5) is 70.2.